The van der Waals surface area contributed by atoms with Crippen LogP contribution < -0.4 is 4.90 Å². The summed E-state index contributed by atoms with van der Waals surface area (Å²) in [6, 6.07) is 8.36. The third kappa shape index (κ3) is 2.43. The Bertz CT molecular complexity index is 954. The third-order valence-corrected chi connectivity index (χ3v) is 5.20. The zero-order chi connectivity index (χ0) is 17.7. The van der Waals surface area contributed by atoms with Crippen molar-refractivity contribution in [1.82, 2.24) is 24.7 Å². The summed E-state index contributed by atoms with van der Waals surface area (Å²) >= 11 is 0. The van der Waals surface area contributed by atoms with Crippen molar-refractivity contribution in [3.05, 3.63) is 42.1 Å². The first kappa shape index (κ1) is 15.3. The Hall–Kier alpha value is -2.94. The number of ether oxygens (including phenoxy) is 1. The number of fused-ring (bicyclic) bond motifs is 3. The zero-order valence-corrected chi connectivity index (χ0v) is 14.3. The average molecular weight is 354 g/mol. The lowest BCUT2D eigenvalue weighted by atomic mass is 9.87. The molecule has 0 aliphatic carbocycles. The second kappa shape index (κ2) is 5.80. The normalized spacial score (nSPS) is 22.4. The number of carbonyl (C=O) groups excluding carboxylic acids is 1. The van der Waals surface area contributed by atoms with E-state index in [0.29, 0.717) is 18.6 Å². The van der Waals surface area contributed by atoms with Gasteiger partial charge in [-0.25, -0.2) is 4.79 Å². The van der Waals surface area contributed by atoms with Gasteiger partial charge in [0, 0.05) is 25.2 Å². The summed E-state index contributed by atoms with van der Waals surface area (Å²) in [7, 11) is 1.35. The molecule has 134 valence electrons. The van der Waals surface area contributed by atoms with Gasteiger partial charge in [0.2, 0.25) is 5.76 Å². The molecule has 3 saturated heterocycles. The van der Waals surface area contributed by atoms with Gasteiger partial charge in [0.1, 0.15) is 17.9 Å². The summed E-state index contributed by atoms with van der Waals surface area (Å²) in [4.78, 5) is 16.2. The predicted molar refractivity (Wildman–Crippen MR) is 90.8 cm³/mol. The lowest BCUT2D eigenvalue weighted by molar-refractivity contribution is -0.0140. The van der Waals surface area contributed by atoms with Crippen LogP contribution in [0.2, 0.25) is 0 Å². The van der Waals surface area contributed by atoms with E-state index < -0.39 is 5.97 Å². The van der Waals surface area contributed by atoms with E-state index in [1.165, 1.54) is 13.5 Å². The molecule has 0 aromatic carbocycles. The van der Waals surface area contributed by atoms with E-state index in [-0.39, 0.29) is 5.76 Å². The standard InChI is InChI=1S/C17H18N6O3/c1-25-17(24)14-3-2-13(26-14)9-22-11-6-12(22)8-21(7-11)16-5-4-15-19-18-10-23(15)20-16/h2-5,10-12H,6-9H2,1H3. The smallest absolute Gasteiger partial charge is 0.373 e. The van der Waals surface area contributed by atoms with Crippen molar-refractivity contribution in [3.63, 3.8) is 0 Å². The minimum absolute atomic E-state index is 0.251. The van der Waals surface area contributed by atoms with Crippen molar-refractivity contribution in [1.29, 1.82) is 0 Å². The predicted octanol–water partition coefficient (Wildman–Crippen LogP) is 0.967. The average Bonchev–Trinajstić information content (AvgIpc) is 3.34. The van der Waals surface area contributed by atoms with Crippen LogP contribution in [0.15, 0.2) is 35.0 Å². The summed E-state index contributed by atoms with van der Waals surface area (Å²) in [6.07, 6.45) is 2.79. The number of carbonyl (C=O) groups is 1. The first-order valence-corrected chi connectivity index (χ1v) is 8.56. The highest BCUT2D eigenvalue weighted by Crippen LogP contribution is 2.35. The van der Waals surface area contributed by atoms with Gasteiger partial charge in [0.15, 0.2) is 5.65 Å². The van der Waals surface area contributed by atoms with Gasteiger partial charge in [-0.3, -0.25) is 4.90 Å². The van der Waals surface area contributed by atoms with Crippen molar-refractivity contribution in [3.8, 4) is 0 Å². The molecule has 9 heteroatoms. The molecule has 2 bridgehead atoms. The van der Waals surface area contributed by atoms with Crippen LogP contribution in [0.5, 0.6) is 0 Å². The number of hydrogen-bond donors (Lipinski definition) is 0. The highest BCUT2D eigenvalue weighted by atomic mass is 16.5. The number of rotatable bonds is 4. The highest BCUT2D eigenvalue weighted by molar-refractivity contribution is 5.86. The molecule has 3 aromatic heterocycles. The van der Waals surface area contributed by atoms with Crippen LogP contribution in [0, 0.1) is 0 Å². The Morgan fingerprint density at radius 3 is 2.92 bits per heavy atom. The van der Waals surface area contributed by atoms with Crippen LogP contribution in [-0.2, 0) is 11.3 Å². The van der Waals surface area contributed by atoms with Crippen LogP contribution in [0.25, 0.3) is 5.65 Å². The summed E-state index contributed by atoms with van der Waals surface area (Å²) in [5.74, 6) is 1.54. The summed E-state index contributed by atoms with van der Waals surface area (Å²) in [6.45, 7) is 2.54. The number of furan rings is 1. The third-order valence-electron chi connectivity index (χ3n) is 5.20. The minimum Gasteiger partial charge on any atom is -0.463 e. The highest BCUT2D eigenvalue weighted by Gasteiger charge is 2.45. The van der Waals surface area contributed by atoms with Crippen LogP contribution >= 0.6 is 0 Å². The fraction of sp³-hybridized carbons (Fsp3) is 0.412. The Morgan fingerprint density at radius 2 is 2.12 bits per heavy atom. The molecule has 0 N–H and O–H groups in total. The number of piperazine rings is 1. The van der Waals surface area contributed by atoms with Crippen LogP contribution in [0.3, 0.4) is 0 Å². The van der Waals surface area contributed by atoms with E-state index >= 15 is 0 Å². The number of hydrogen-bond acceptors (Lipinski definition) is 8. The second-order valence-corrected chi connectivity index (χ2v) is 6.70. The van der Waals surface area contributed by atoms with Gasteiger partial charge >= 0.3 is 5.97 Å². The molecule has 6 rings (SSSR count). The van der Waals surface area contributed by atoms with Crippen molar-refractivity contribution in [2.45, 2.75) is 25.0 Å². The van der Waals surface area contributed by atoms with Gasteiger partial charge in [0.05, 0.1) is 13.7 Å². The number of nitrogens with zero attached hydrogens (tertiary/aromatic N) is 6. The second-order valence-electron chi connectivity index (χ2n) is 6.70. The monoisotopic (exact) mass is 354 g/mol. The van der Waals surface area contributed by atoms with E-state index in [9.17, 15) is 4.79 Å². The lowest BCUT2D eigenvalue weighted by Crippen LogP contribution is -2.68. The molecule has 2 atom stereocenters. The van der Waals surface area contributed by atoms with Gasteiger partial charge in [-0.2, -0.15) is 4.52 Å². The maximum Gasteiger partial charge on any atom is 0.373 e. The number of methoxy groups -OCH3 is 1. The molecule has 0 spiro atoms. The van der Waals surface area contributed by atoms with Gasteiger partial charge in [-0.1, -0.05) is 0 Å². The number of piperidine rings is 1. The SMILES string of the molecule is COC(=O)c1ccc(CN2C3CC2CN(c2ccc4nncn4n2)C3)o1. The fourth-order valence-corrected chi connectivity index (χ4v) is 3.87. The molecule has 9 nitrogen and oxygen atoms in total. The molecule has 6 heterocycles. The van der Waals surface area contributed by atoms with Crippen LogP contribution in [0.4, 0.5) is 5.82 Å². The molecule has 3 aromatic rings. The quantitative estimate of drug-likeness (QED) is 0.640. The maximum absolute atomic E-state index is 11.5. The molecule has 0 amide bonds. The lowest BCUT2D eigenvalue weighted by Gasteiger charge is -2.56. The van der Waals surface area contributed by atoms with Crippen LogP contribution in [-0.4, -0.2) is 63.0 Å². The molecule has 26 heavy (non-hydrogen) atoms. The molecule has 0 saturated carbocycles. The van der Waals surface area contributed by atoms with Crippen molar-refractivity contribution in [2.24, 2.45) is 0 Å². The number of esters is 1. The maximum atomic E-state index is 11.5. The fourth-order valence-electron chi connectivity index (χ4n) is 3.87. The molecule has 2 unspecified atom stereocenters. The molecular weight excluding hydrogens is 336 g/mol. The van der Waals surface area contributed by atoms with Gasteiger partial charge in [0.25, 0.3) is 0 Å². The Labute approximate surface area is 149 Å². The Morgan fingerprint density at radius 1 is 1.27 bits per heavy atom. The van der Waals surface area contributed by atoms with E-state index in [2.05, 4.69) is 29.8 Å². The van der Waals surface area contributed by atoms with E-state index in [1.807, 2.05) is 18.2 Å². The van der Waals surface area contributed by atoms with Gasteiger partial charge < -0.3 is 14.1 Å². The van der Waals surface area contributed by atoms with Gasteiger partial charge in [-0.05, 0) is 30.7 Å². The topological polar surface area (TPSA) is 89.0 Å². The summed E-state index contributed by atoms with van der Waals surface area (Å²) in [5.41, 5.74) is 0.747. The minimum atomic E-state index is -0.443. The first-order chi connectivity index (χ1) is 12.7. The van der Waals surface area contributed by atoms with E-state index in [4.69, 9.17) is 4.42 Å². The van der Waals surface area contributed by atoms with Crippen molar-refractivity contribution >= 4 is 17.4 Å². The Kier molecular flexibility index (Phi) is 3.42. The molecule has 3 aliphatic rings. The summed E-state index contributed by atoms with van der Waals surface area (Å²) in [5, 5.41) is 12.4. The van der Waals surface area contributed by atoms with Crippen LogP contribution in [0.1, 0.15) is 22.7 Å². The number of aromatic nitrogens is 4. The molecule has 3 aliphatic heterocycles. The first-order valence-electron chi connectivity index (χ1n) is 8.56. The van der Waals surface area contributed by atoms with E-state index in [1.54, 1.807) is 16.9 Å². The number of anilines is 1. The Balaban J connectivity index is 1.27. The van der Waals surface area contributed by atoms with Crippen molar-refractivity contribution in [2.75, 3.05) is 25.1 Å². The molecule has 3 fully saturated rings. The molecule has 0 radical (unpaired) electrons. The largest absolute Gasteiger partial charge is 0.463 e. The molecular formula is C17H18N6O3. The van der Waals surface area contributed by atoms with Crippen molar-refractivity contribution < 1.29 is 13.9 Å². The zero-order valence-electron chi connectivity index (χ0n) is 14.3. The van der Waals surface area contributed by atoms with E-state index in [0.717, 1.165) is 30.3 Å². The van der Waals surface area contributed by atoms with Gasteiger partial charge in [-0.15, -0.1) is 15.3 Å². The summed E-state index contributed by atoms with van der Waals surface area (Å²) < 4.78 is 12.0.